The number of anilines is 1. The first kappa shape index (κ1) is 10.5. The fourth-order valence-corrected chi connectivity index (χ4v) is 1.17. The van der Waals surface area contributed by atoms with E-state index in [1.54, 1.807) is 6.08 Å². The van der Waals surface area contributed by atoms with Crippen LogP contribution in [0.5, 0.6) is 0 Å². The van der Waals surface area contributed by atoms with E-state index in [2.05, 4.69) is 18.8 Å². The van der Waals surface area contributed by atoms with Gasteiger partial charge in [-0.05, 0) is 24.1 Å². The van der Waals surface area contributed by atoms with Gasteiger partial charge in [0.25, 0.3) is 0 Å². The van der Waals surface area contributed by atoms with Gasteiger partial charge in [0.15, 0.2) is 0 Å². The van der Waals surface area contributed by atoms with Crippen molar-refractivity contribution in [1.29, 1.82) is 0 Å². The minimum Gasteiger partial charge on any atom is -0.326 e. The van der Waals surface area contributed by atoms with Gasteiger partial charge in [-0.3, -0.25) is 4.79 Å². The van der Waals surface area contributed by atoms with E-state index in [4.69, 9.17) is 0 Å². The van der Waals surface area contributed by atoms with Gasteiger partial charge in [-0.1, -0.05) is 25.1 Å². The summed E-state index contributed by atoms with van der Waals surface area (Å²) in [5, 5.41) is 2.78. The second-order valence-corrected chi connectivity index (χ2v) is 3.09. The van der Waals surface area contributed by atoms with E-state index in [1.165, 1.54) is 5.56 Å². The molecular formula is C12H15NO. The molecule has 0 saturated heterocycles. The Morgan fingerprint density at radius 3 is 2.57 bits per heavy atom. The van der Waals surface area contributed by atoms with Gasteiger partial charge in [-0.25, -0.2) is 0 Å². The molecule has 0 heterocycles. The first-order chi connectivity index (χ1) is 6.76. The number of hydrogen-bond donors (Lipinski definition) is 1. The third-order valence-electron chi connectivity index (χ3n) is 1.98. The Morgan fingerprint density at radius 2 is 2.07 bits per heavy atom. The van der Waals surface area contributed by atoms with E-state index in [0.29, 0.717) is 6.42 Å². The molecule has 1 rings (SSSR count). The maximum Gasteiger partial charge on any atom is 0.228 e. The smallest absolute Gasteiger partial charge is 0.228 e. The van der Waals surface area contributed by atoms with Gasteiger partial charge in [-0.2, -0.15) is 0 Å². The molecule has 0 fully saturated rings. The van der Waals surface area contributed by atoms with Gasteiger partial charge in [0.1, 0.15) is 0 Å². The van der Waals surface area contributed by atoms with E-state index >= 15 is 0 Å². The molecule has 14 heavy (non-hydrogen) atoms. The molecule has 0 atom stereocenters. The van der Waals surface area contributed by atoms with Gasteiger partial charge in [0.2, 0.25) is 5.91 Å². The van der Waals surface area contributed by atoms with Crippen molar-refractivity contribution in [2.45, 2.75) is 19.8 Å². The Kier molecular flexibility index (Phi) is 3.92. The minimum atomic E-state index is -0.0238. The predicted octanol–water partition coefficient (Wildman–Crippen LogP) is 2.76. The summed E-state index contributed by atoms with van der Waals surface area (Å²) in [5.74, 6) is -0.0238. The van der Waals surface area contributed by atoms with E-state index in [9.17, 15) is 4.79 Å². The van der Waals surface area contributed by atoms with Crippen LogP contribution in [0.3, 0.4) is 0 Å². The highest BCUT2D eigenvalue weighted by atomic mass is 16.1. The Bertz CT molecular complexity index is 314. The first-order valence-corrected chi connectivity index (χ1v) is 4.76. The number of carbonyl (C=O) groups excluding carboxylic acids is 1. The minimum absolute atomic E-state index is 0.0238. The molecule has 0 aromatic heterocycles. The fraction of sp³-hybridized carbons (Fsp3) is 0.250. The van der Waals surface area contributed by atoms with Crippen molar-refractivity contribution in [2.75, 3.05) is 5.32 Å². The van der Waals surface area contributed by atoms with Crippen LogP contribution in [0.2, 0.25) is 0 Å². The Labute approximate surface area is 84.6 Å². The van der Waals surface area contributed by atoms with Crippen molar-refractivity contribution in [3.8, 4) is 0 Å². The maximum atomic E-state index is 11.2. The molecule has 1 amide bonds. The van der Waals surface area contributed by atoms with Gasteiger partial charge in [0.05, 0.1) is 0 Å². The molecule has 0 bridgehead atoms. The van der Waals surface area contributed by atoms with Crippen LogP contribution in [0.25, 0.3) is 0 Å². The lowest BCUT2D eigenvalue weighted by atomic mass is 10.1. The second kappa shape index (κ2) is 5.22. The van der Waals surface area contributed by atoms with E-state index in [1.807, 2.05) is 24.3 Å². The van der Waals surface area contributed by atoms with Gasteiger partial charge in [-0.15, -0.1) is 6.58 Å². The molecule has 1 aromatic carbocycles. The predicted molar refractivity (Wildman–Crippen MR) is 59.3 cm³/mol. The molecular weight excluding hydrogens is 174 g/mol. The maximum absolute atomic E-state index is 11.2. The van der Waals surface area contributed by atoms with E-state index < -0.39 is 0 Å². The van der Waals surface area contributed by atoms with Crippen molar-refractivity contribution in [2.24, 2.45) is 0 Å². The summed E-state index contributed by atoms with van der Waals surface area (Å²) in [6, 6.07) is 7.87. The third kappa shape index (κ3) is 3.05. The number of amides is 1. The van der Waals surface area contributed by atoms with Crippen molar-refractivity contribution >= 4 is 11.6 Å². The third-order valence-corrected chi connectivity index (χ3v) is 1.98. The normalized spacial score (nSPS) is 9.50. The van der Waals surface area contributed by atoms with Crippen LogP contribution in [-0.4, -0.2) is 5.91 Å². The number of nitrogens with one attached hydrogen (secondary N) is 1. The zero-order valence-corrected chi connectivity index (χ0v) is 8.42. The monoisotopic (exact) mass is 189 g/mol. The molecule has 0 aliphatic rings. The van der Waals surface area contributed by atoms with Crippen LogP contribution in [-0.2, 0) is 11.2 Å². The lowest BCUT2D eigenvalue weighted by molar-refractivity contribution is -0.115. The van der Waals surface area contributed by atoms with Crippen LogP contribution in [0, 0.1) is 0 Å². The summed E-state index contributed by atoms with van der Waals surface area (Å²) in [6.45, 7) is 5.61. The average Bonchev–Trinajstić information content (AvgIpc) is 2.19. The number of rotatable bonds is 4. The van der Waals surface area contributed by atoms with Gasteiger partial charge >= 0.3 is 0 Å². The zero-order valence-electron chi connectivity index (χ0n) is 8.42. The van der Waals surface area contributed by atoms with E-state index in [0.717, 1.165) is 12.1 Å². The quantitative estimate of drug-likeness (QED) is 0.725. The largest absolute Gasteiger partial charge is 0.326 e. The molecule has 74 valence electrons. The van der Waals surface area contributed by atoms with Gasteiger partial charge < -0.3 is 5.32 Å². The molecule has 2 nitrogen and oxygen atoms in total. The highest BCUT2D eigenvalue weighted by Gasteiger charge is 1.98. The van der Waals surface area contributed by atoms with Gasteiger partial charge in [0, 0.05) is 12.1 Å². The molecule has 0 saturated carbocycles. The Morgan fingerprint density at radius 1 is 1.43 bits per heavy atom. The highest BCUT2D eigenvalue weighted by molar-refractivity contribution is 5.91. The summed E-state index contributed by atoms with van der Waals surface area (Å²) in [5.41, 5.74) is 2.11. The SMILES string of the molecule is C=CCC(=O)Nc1ccc(CC)cc1. The standard InChI is InChI=1S/C12H15NO/c1-3-5-12(14)13-11-8-6-10(4-2)7-9-11/h3,6-9H,1,4-5H2,2H3,(H,13,14). The molecule has 0 unspecified atom stereocenters. The van der Waals surface area contributed by atoms with Crippen molar-refractivity contribution < 1.29 is 4.79 Å². The fourth-order valence-electron chi connectivity index (χ4n) is 1.17. The molecule has 1 N–H and O–H groups in total. The molecule has 0 radical (unpaired) electrons. The molecule has 0 spiro atoms. The topological polar surface area (TPSA) is 29.1 Å². The number of aryl methyl sites for hydroxylation is 1. The van der Waals surface area contributed by atoms with E-state index in [-0.39, 0.29) is 5.91 Å². The summed E-state index contributed by atoms with van der Waals surface area (Å²) >= 11 is 0. The molecule has 1 aromatic rings. The average molecular weight is 189 g/mol. The highest BCUT2D eigenvalue weighted by Crippen LogP contribution is 2.10. The summed E-state index contributed by atoms with van der Waals surface area (Å²) in [7, 11) is 0. The van der Waals surface area contributed by atoms with Crippen molar-refractivity contribution in [1.82, 2.24) is 0 Å². The number of hydrogen-bond acceptors (Lipinski definition) is 1. The molecule has 0 aliphatic carbocycles. The van der Waals surface area contributed by atoms with Crippen LogP contribution in [0.15, 0.2) is 36.9 Å². The van der Waals surface area contributed by atoms with Crippen LogP contribution in [0.1, 0.15) is 18.9 Å². The van der Waals surface area contributed by atoms with Crippen LogP contribution in [0.4, 0.5) is 5.69 Å². The second-order valence-electron chi connectivity index (χ2n) is 3.09. The lowest BCUT2D eigenvalue weighted by Crippen LogP contribution is -2.09. The first-order valence-electron chi connectivity index (χ1n) is 4.76. The molecule has 2 heteroatoms. The number of benzene rings is 1. The summed E-state index contributed by atoms with van der Waals surface area (Å²) < 4.78 is 0. The molecule has 0 aliphatic heterocycles. The van der Waals surface area contributed by atoms with Crippen molar-refractivity contribution in [3.05, 3.63) is 42.5 Å². The van der Waals surface area contributed by atoms with Crippen LogP contribution >= 0.6 is 0 Å². The Balaban J connectivity index is 2.59. The summed E-state index contributed by atoms with van der Waals surface area (Å²) in [6.07, 6.45) is 2.96. The summed E-state index contributed by atoms with van der Waals surface area (Å²) in [4.78, 5) is 11.2. The lowest BCUT2D eigenvalue weighted by Gasteiger charge is -2.03. The zero-order chi connectivity index (χ0) is 10.4. The Hall–Kier alpha value is -1.57. The van der Waals surface area contributed by atoms with Crippen molar-refractivity contribution in [3.63, 3.8) is 0 Å². The van der Waals surface area contributed by atoms with Crippen LogP contribution < -0.4 is 5.32 Å². The number of carbonyl (C=O) groups is 1.